The minimum atomic E-state index is 0.993. The molecule has 0 unspecified atom stereocenters. The second kappa shape index (κ2) is 2.63. The first kappa shape index (κ1) is 6.98. The molecule has 0 aliphatic carbocycles. The molecule has 0 saturated carbocycles. The predicted molar refractivity (Wildman–Crippen MR) is 33.3 cm³/mol. The van der Waals surface area contributed by atoms with Crippen molar-refractivity contribution in [2.45, 2.75) is 13.8 Å². The van der Waals surface area contributed by atoms with Gasteiger partial charge < -0.3 is 0 Å². The van der Waals surface area contributed by atoms with Crippen LogP contribution in [0.15, 0.2) is 10.7 Å². The molecule has 9 heavy (non-hydrogen) atoms. The van der Waals surface area contributed by atoms with E-state index in [2.05, 4.69) is 6.92 Å². The second-order valence-electron chi connectivity index (χ2n) is 2.05. The molecular formula is C7H8OTi. The van der Waals surface area contributed by atoms with E-state index >= 15 is 0 Å². The zero-order valence-corrected chi connectivity index (χ0v) is 7.12. The fourth-order valence-electron chi connectivity index (χ4n) is 0.665. The van der Waals surface area contributed by atoms with Gasteiger partial charge in [0.15, 0.2) is 0 Å². The number of hydrogen-bond acceptors (Lipinski definition) is 1. The standard InChI is InChI=1S/C7H8O.Ti/c1-5-4-8-7(3)6(5)2;/h3-4H,1-2H3;. The molecule has 46 valence electrons. The maximum atomic E-state index is 5.19. The fourth-order valence-corrected chi connectivity index (χ4v) is 1.11. The van der Waals surface area contributed by atoms with Crippen molar-refractivity contribution in [1.29, 1.82) is 0 Å². The van der Waals surface area contributed by atoms with Crippen molar-refractivity contribution in [1.82, 2.24) is 0 Å². The Bertz CT molecular complexity index is 225. The van der Waals surface area contributed by atoms with Gasteiger partial charge in [-0.15, -0.1) is 0 Å². The molecule has 1 aromatic rings. The van der Waals surface area contributed by atoms with Crippen molar-refractivity contribution in [2.24, 2.45) is 0 Å². The summed E-state index contributed by atoms with van der Waals surface area (Å²) in [6.07, 6.45) is 1.78. The third-order valence-electron chi connectivity index (χ3n) is 1.45. The summed E-state index contributed by atoms with van der Waals surface area (Å²) >= 11 is 1.98. The molecule has 0 aromatic carbocycles. The first-order valence-corrected chi connectivity index (χ1v) is 3.71. The topological polar surface area (TPSA) is 13.1 Å². The number of aryl methyl sites for hydroxylation is 1. The van der Waals surface area contributed by atoms with E-state index in [9.17, 15) is 0 Å². The Morgan fingerprint density at radius 3 is 2.44 bits per heavy atom. The summed E-state index contributed by atoms with van der Waals surface area (Å²) in [7, 11) is 0. The summed E-state index contributed by atoms with van der Waals surface area (Å²) in [6.45, 7) is 4.11. The van der Waals surface area contributed by atoms with E-state index in [1.54, 1.807) is 6.26 Å². The van der Waals surface area contributed by atoms with Gasteiger partial charge in [0.25, 0.3) is 0 Å². The van der Waals surface area contributed by atoms with Crippen LogP contribution in [0.4, 0.5) is 0 Å². The van der Waals surface area contributed by atoms with Gasteiger partial charge in [0.05, 0.1) is 0 Å². The predicted octanol–water partition coefficient (Wildman–Crippen LogP) is 1.59. The molecule has 0 radical (unpaired) electrons. The van der Waals surface area contributed by atoms with Crippen molar-refractivity contribution in [3.8, 4) is 0 Å². The Hall–Kier alpha value is -0.136. The number of hydrogen-bond donors (Lipinski definition) is 0. The third-order valence-corrected chi connectivity index (χ3v) is 1.86. The van der Waals surface area contributed by atoms with Gasteiger partial charge in [-0.25, -0.2) is 0 Å². The number of rotatable bonds is 1. The first-order chi connectivity index (χ1) is 4.25. The van der Waals surface area contributed by atoms with Crippen molar-refractivity contribution in [3.63, 3.8) is 0 Å². The molecule has 0 fully saturated rings. The van der Waals surface area contributed by atoms with Crippen LogP contribution in [0.5, 0.6) is 0 Å². The summed E-state index contributed by atoms with van der Waals surface area (Å²) in [4.78, 5) is 0. The summed E-state index contributed by atoms with van der Waals surface area (Å²) in [5.41, 5.74) is 2.47. The Morgan fingerprint density at radius 2 is 2.22 bits per heavy atom. The van der Waals surface area contributed by atoms with Crippen LogP contribution in [-0.4, -0.2) is 4.31 Å². The van der Waals surface area contributed by atoms with Crippen LogP contribution >= 0.6 is 0 Å². The molecular weight excluding hydrogens is 148 g/mol. The van der Waals surface area contributed by atoms with E-state index in [0.29, 0.717) is 0 Å². The Morgan fingerprint density at radius 1 is 1.56 bits per heavy atom. The molecule has 0 spiro atoms. The van der Waals surface area contributed by atoms with E-state index in [1.807, 2.05) is 31.2 Å². The second-order valence-corrected chi connectivity index (χ2v) is 2.50. The summed E-state index contributed by atoms with van der Waals surface area (Å²) in [5, 5.41) is 0. The van der Waals surface area contributed by atoms with Gasteiger partial charge >= 0.3 is 65.7 Å². The molecule has 1 rings (SSSR count). The van der Waals surface area contributed by atoms with Crippen LogP contribution in [0.2, 0.25) is 0 Å². The van der Waals surface area contributed by atoms with E-state index in [0.717, 1.165) is 5.76 Å². The summed E-state index contributed by atoms with van der Waals surface area (Å²) in [5.74, 6) is 0.993. The van der Waals surface area contributed by atoms with Gasteiger partial charge in [0.2, 0.25) is 0 Å². The fraction of sp³-hybridized carbons (Fsp3) is 0.286. The van der Waals surface area contributed by atoms with Gasteiger partial charge in [-0.1, -0.05) is 0 Å². The summed E-state index contributed by atoms with van der Waals surface area (Å²) in [6, 6.07) is 0. The molecule has 1 heterocycles. The quantitative estimate of drug-likeness (QED) is 0.562. The molecule has 0 amide bonds. The molecule has 0 N–H and O–H groups in total. The van der Waals surface area contributed by atoms with Crippen molar-refractivity contribution in [3.05, 3.63) is 23.2 Å². The van der Waals surface area contributed by atoms with Crippen LogP contribution in [0.1, 0.15) is 16.9 Å². The van der Waals surface area contributed by atoms with Crippen molar-refractivity contribution >= 4 is 4.31 Å². The Balaban J connectivity index is 3.18. The van der Waals surface area contributed by atoms with Gasteiger partial charge in [-0.05, 0) is 0 Å². The van der Waals surface area contributed by atoms with E-state index in [1.165, 1.54) is 11.1 Å². The molecule has 0 aliphatic heterocycles. The zero-order chi connectivity index (χ0) is 6.85. The SMILES string of the molecule is Cc1coc([CH]=[Ti])c1C. The van der Waals surface area contributed by atoms with Crippen LogP contribution in [0.3, 0.4) is 0 Å². The van der Waals surface area contributed by atoms with E-state index in [4.69, 9.17) is 4.42 Å². The third kappa shape index (κ3) is 1.22. The van der Waals surface area contributed by atoms with Crippen LogP contribution in [0.25, 0.3) is 0 Å². The number of furan rings is 1. The van der Waals surface area contributed by atoms with Crippen LogP contribution in [-0.2, 0) is 20.0 Å². The molecule has 0 aliphatic rings. The van der Waals surface area contributed by atoms with Gasteiger partial charge in [-0.3, -0.25) is 0 Å². The van der Waals surface area contributed by atoms with Crippen LogP contribution in [0, 0.1) is 13.8 Å². The van der Waals surface area contributed by atoms with Crippen molar-refractivity contribution in [2.75, 3.05) is 0 Å². The first-order valence-electron chi connectivity index (χ1n) is 2.81. The molecule has 0 bridgehead atoms. The van der Waals surface area contributed by atoms with Gasteiger partial charge in [-0.2, -0.15) is 0 Å². The van der Waals surface area contributed by atoms with E-state index < -0.39 is 0 Å². The Labute approximate surface area is 66.0 Å². The zero-order valence-electron chi connectivity index (χ0n) is 5.56. The molecule has 1 aromatic heterocycles. The van der Waals surface area contributed by atoms with Gasteiger partial charge in [0.1, 0.15) is 0 Å². The van der Waals surface area contributed by atoms with Crippen LogP contribution < -0.4 is 0 Å². The average Bonchev–Trinajstić information content (AvgIpc) is 2.15. The molecule has 1 nitrogen and oxygen atoms in total. The molecule has 2 heteroatoms. The monoisotopic (exact) mass is 156 g/mol. The summed E-state index contributed by atoms with van der Waals surface area (Å²) < 4.78 is 7.16. The minimum absolute atomic E-state index is 0.993. The normalized spacial score (nSPS) is 9.44. The van der Waals surface area contributed by atoms with E-state index in [-0.39, 0.29) is 0 Å². The maximum absolute atomic E-state index is 5.19. The Kier molecular flexibility index (Phi) is 2.04. The van der Waals surface area contributed by atoms with Gasteiger partial charge in [0, 0.05) is 0 Å². The van der Waals surface area contributed by atoms with Crippen molar-refractivity contribution < 1.29 is 24.4 Å². The molecule has 0 saturated heterocycles. The molecule has 0 atom stereocenters. The average molecular weight is 156 g/mol.